The van der Waals surface area contributed by atoms with Crippen LogP contribution < -0.4 is 5.90 Å². The van der Waals surface area contributed by atoms with Crippen LogP contribution in [0.15, 0.2) is 0 Å². The summed E-state index contributed by atoms with van der Waals surface area (Å²) in [6.45, 7) is 1.11. The van der Waals surface area contributed by atoms with Crippen LogP contribution in [-0.4, -0.2) is 5.97 Å². The summed E-state index contributed by atoms with van der Waals surface area (Å²) < 4.78 is 0. The zero-order valence-electron chi connectivity index (χ0n) is 2.76. The number of hydrogen-bond donors (Lipinski definition) is 0. The van der Waals surface area contributed by atoms with E-state index < -0.39 is 5.97 Å². The monoisotopic (exact) mass is 73.0 g/mol. The summed E-state index contributed by atoms with van der Waals surface area (Å²) in [5, 5.41) is 0. The Balaban J connectivity index is 2.85. The lowest BCUT2D eigenvalue weighted by Gasteiger charge is -1.73. The largest absolute Gasteiger partial charge is 0.329 e. The van der Waals surface area contributed by atoms with Crippen molar-refractivity contribution >= 4 is 5.97 Å². The van der Waals surface area contributed by atoms with Crippen LogP contribution in [0, 0.1) is 0 Å². The van der Waals surface area contributed by atoms with Crippen LogP contribution in [0.25, 0.3) is 0 Å². The Morgan fingerprint density at radius 1 is 2.00 bits per heavy atom. The molecule has 0 fully saturated rings. The fraction of sp³-hybridized carbons (Fsp3) is 0.500. The molecular formula is C2H3NO2. The molecule has 0 spiro atoms. The first-order chi connectivity index (χ1) is 2.27. The van der Waals surface area contributed by atoms with Gasteiger partial charge in [0.05, 0.1) is 0 Å². The van der Waals surface area contributed by atoms with E-state index in [2.05, 4.69) is 4.84 Å². The van der Waals surface area contributed by atoms with E-state index in [0.717, 1.165) is 6.92 Å². The highest BCUT2D eigenvalue weighted by Gasteiger charge is 1.80. The molecule has 0 unspecified atom stereocenters. The van der Waals surface area contributed by atoms with Gasteiger partial charge >= 0.3 is 5.97 Å². The minimum atomic E-state index is -0.690. The van der Waals surface area contributed by atoms with Crippen LogP contribution in [0.3, 0.4) is 0 Å². The van der Waals surface area contributed by atoms with Crippen LogP contribution in [-0.2, 0) is 9.63 Å². The Morgan fingerprint density at radius 3 is 2.20 bits per heavy atom. The Morgan fingerprint density at radius 2 is 2.20 bits per heavy atom. The van der Waals surface area contributed by atoms with E-state index in [1.807, 2.05) is 0 Å². The third-order valence-corrected chi connectivity index (χ3v) is 0.129. The van der Waals surface area contributed by atoms with Gasteiger partial charge in [0, 0.05) is 6.92 Å². The van der Waals surface area contributed by atoms with E-state index in [1.54, 1.807) is 0 Å². The van der Waals surface area contributed by atoms with Gasteiger partial charge in [-0.2, -0.15) is 0 Å². The van der Waals surface area contributed by atoms with Crippen LogP contribution in [0.2, 0.25) is 0 Å². The minimum Gasteiger partial charge on any atom is -0.329 e. The second kappa shape index (κ2) is 1.72. The summed E-state index contributed by atoms with van der Waals surface area (Å²) in [5.74, 6) is 6.60. The number of carbonyl (C=O) groups is 1. The molecule has 3 heteroatoms. The predicted molar refractivity (Wildman–Crippen MR) is 13.9 cm³/mol. The highest BCUT2D eigenvalue weighted by molar-refractivity contribution is 5.65. The standard InChI is InChI=1S/C2H3NO2/c1-2(4)5-3/h1H3. The number of nitrogens with zero attached hydrogens (tertiary/aromatic N) is 1. The third kappa shape index (κ3) is 3.43. The van der Waals surface area contributed by atoms with E-state index in [4.69, 9.17) is 5.90 Å². The third-order valence-electron chi connectivity index (χ3n) is 0.129. The van der Waals surface area contributed by atoms with Crippen LogP contribution in [0.5, 0.6) is 0 Å². The van der Waals surface area contributed by atoms with Gasteiger partial charge in [0.15, 0.2) is 0 Å². The van der Waals surface area contributed by atoms with Gasteiger partial charge in [-0.15, -0.1) is 0 Å². The maximum Gasteiger partial charge on any atom is 0.326 e. The average Bonchev–Trinajstić information content (AvgIpc) is 1.38. The van der Waals surface area contributed by atoms with Gasteiger partial charge in [-0.25, -0.2) is 0 Å². The molecule has 0 heterocycles. The van der Waals surface area contributed by atoms with Crippen LogP contribution in [0.1, 0.15) is 6.92 Å². The first-order valence-electron chi connectivity index (χ1n) is 1.09. The molecular weight excluding hydrogens is 70.0 g/mol. The minimum absolute atomic E-state index is 0.690. The van der Waals surface area contributed by atoms with E-state index in [-0.39, 0.29) is 0 Å². The fourth-order valence-corrected chi connectivity index (χ4v) is 0. The van der Waals surface area contributed by atoms with Gasteiger partial charge in [-0.1, -0.05) is 0 Å². The van der Waals surface area contributed by atoms with Gasteiger partial charge in [0.2, 0.25) is 0 Å². The predicted octanol–water partition coefficient (Wildman–Crippen LogP) is -0.467. The van der Waals surface area contributed by atoms with Crippen molar-refractivity contribution in [3.05, 3.63) is 0 Å². The maximum absolute atomic E-state index is 9.34. The molecule has 0 bridgehead atoms. The van der Waals surface area contributed by atoms with Gasteiger partial charge in [0.1, 0.15) is 5.90 Å². The molecule has 5 heavy (non-hydrogen) atoms. The van der Waals surface area contributed by atoms with Crippen LogP contribution in [0.4, 0.5) is 0 Å². The molecule has 0 N–H and O–H groups in total. The van der Waals surface area contributed by atoms with E-state index in [1.165, 1.54) is 0 Å². The molecule has 0 aromatic heterocycles. The summed E-state index contributed by atoms with van der Waals surface area (Å²) >= 11 is 0. The van der Waals surface area contributed by atoms with Crippen LogP contribution >= 0.6 is 0 Å². The van der Waals surface area contributed by atoms with E-state index in [9.17, 15) is 4.79 Å². The number of hydrogen-bond acceptors (Lipinski definition) is 2. The van der Waals surface area contributed by atoms with Crippen molar-refractivity contribution in [2.24, 2.45) is 0 Å². The molecule has 0 saturated heterocycles. The van der Waals surface area contributed by atoms with Gasteiger partial charge in [-0.3, -0.25) is 4.79 Å². The second-order valence-corrected chi connectivity index (χ2v) is 0.583. The van der Waals surface area contributed by atoms with Crippen molar-refractivity contribution in [2.45, 2.75) is 6.92 Å². The summed E-state index contributed by atoms with van der Waals surface area (Å²) in [5.41, 5.74) is 0. The summed E-state index contributed by atoms with van der Waals surface area (Å²) in [6.07, 6.45) is 0. The zero-order valence-corrected chi connectivity index (χ0v) is 2.76. The highest BCUT2D eigenvalue weighted by Crippen LogP contribution is 1.58. The summed E-state index contributed by atoms with van der Waals surface area (Å²) in [4.78, 5) is 12.5. The molecule has 0 aromatic rings. The zero-order chi connectivity index (χ0) is 4.28. The quantitative estimate of drug-likeness (QED) is 0.364. The Hall–Kier alpha value is -0.570. The Bertz CT molecular complexity index is 42.9. The molecule has 0 aliphatic carbocycles. The molecule has 0 atom stereocenters. The Labute approximate surface area is 29.7 Å². The van der Waals surface area contributed by atoms with Crippen molar-refractivity contribution in [3.8, 4) is 0 Å². The molecule has 2 radical (unpaired) electrons. The van der Waals surface area contributed by atoms with Crippen molar-refractivity contribution in [2.75, 3.05) is 0 Å². The molecule has 0 amide bonds. The van der Waals surface area contributed by atoms with E-state index in [0.29, 0.717) is 0 Å². The van der Waals surface area contributed by atoms with Gasteiger partial charge in [-0.05, 0) is 0 Å². The molecule has 0 rings (SSSR count). The lowest BCUT2D eigenvalue weighted by atomic mass is 10.8. The first-order valence-corrected chi connectivity index (χ1v) is 1.09. The van der Waals surface area contributed by atoms with Crippen molar-refractivity contribution < 1.29 is 9.63 Å². The molecule has 0 saturated carbocycles. The second-order valence-electron chi connectivity index (χ2n) is 0.583. The molecule has 0 aromatic carbocycles. The number of carbonyl (C=O) groups excluding carboxylic acids is 1. The molecule has 0 aliphatic rings. The van der Waals surface area contributed by atoms with E-state index >= 15 is 0 Å². The highest BCUT2D eigenvalue weighted by atomic mass is 16.7. The summed E-state index contributed by atoms with van der Waals surface area (Å²) in [7, 11) is 0. The lowest BCUT2D eigenvalue weighted by molar-refractivity contribution is -0.142. The van der Waals surface area contributed by atoms with Gasteiger partial charge in [0.25, 0.3) is 0 Å². The lowest BCUT2D eigenvalue weighted by Crippen LogP contribution is -1.92. The maximum atomic E-state index is 9.34. The fourth-order valence-electron chi connectivity index (χ4n) is 0. The van der Waals surface area contributed by atoms with Gasteiger partial charge < -0.3 is 4.84 Å². The molecule has 0 aliphatic heterocycles. The normalized spacial score (nSPS) is 6.80. The molecule has 3 nitrogen and oxygen atoms in total. The average molecular weight is 73.1 g/mol. The smallest absolute Gasteiger partial charge is 0.326 e. The topological polar surface area (TPSA) is 48.6 Å². The van der Waals surface area contributed by atoms with Crippen molar-refractivity contribution in [3.63, 3.8) is 0 Å². The molecule has 28 valence electrons. The van der Waals surface area contributed by atoms with Crippen molar-refractivity contribution in [1.29, 1.82) is 0 Å². The Kier molecular flexibility index (Phi) is 1.53. The summed E-state index contributed by atoms with van der Waals surface area (Å²) in [6, 6.07) is 0. The SMILES string of the molecule is CC(=O)O[N]. The number of rotatable bonds is 0. The van der Waals surface area contributed by atoms with Crippen molar-refractivity contribution in [1.82, 2.24) is 5.90 Å². The first kappa shape index (κ1) is 4.43.